The summed E-state index contributed by atoms with van der Waals surface area (Å²) in [7, 11) is 1.39. The number of phosphoric ester groups is 1. The Bertz CT molecular complexity index is 1090. The van der Waals surface area contributed by atoms with Crippen molar-refractivity contribution in [3.8, 4) is 0 Å². The molecule has 0 spiro atoms. The summed E-state index contributed by atoms with van der Waals surface area (Å²) in [5.41, 5.74) is 0. The Kier molecular flexibility index (Phi) is 54.4. The molecule has 0 aromatic heterocycles. The molecular weight excluding hydrogens is 890 g/mol. The van der Waals surface area contributed by atoms with E-state index in [-0.39, 0.29) is 25.8 Å². The van der Waals surface area contributed by atoms with E-state index >= 15 is 0 Å². The number of hydrogen-bond donors (Lipinski definition) is 0. The summed E-state index contributed by atoms with van der Waals surface area (Å²) in [6.45, 7) is 5.52. The lowest BCUT2D eigenvalue weighted by atomic mass is 10.0. The molecule has 0 amide bonds. The number of esters is 1. The van der Waals surface area contributed by atoms with E-state index < -0.39 is 13.9 Å². The van der Waals surface area contributed by atoms with Gasteiger partial charge in [0.05, 0.1) is 34.4 Å². The van der Waals surface area contributed by atoms with Crippen LogP contribution < -0.4 is 4.89 Å². The molecule has 2 atom stereocenters. The molecule has 0 aromatic rings. The fourth-order valence-corrected chi connectivity index (χ4v) is 10.3. The van der Waals surface area contributed by atoms with E-state index in [2.05, 4.69) is 13.8 Å². The molecule has 0 saturated heterocycles. The van der Waals surface area contributed by atoms with Crippen LogP contribution in [0.25, 0.3) is 0 Å². The molecule has 0 aliphatic carbocycles. The number of quaternary nitrogens is 1. The van der Waals surface area contributed by atoms with Crippen LogP contribution in [-0.2, 0) is 27.9 Å². The van der Waals surface area contributed by atoms with Gasteiger partial charge in [0.2, 0.25) is 0 Å². The second kappa shape index (κ2) is 54.8. The number of ether oxygens (including phenoxy) is 2. The lowest BCUT2D eigenvalue weighted by Crippen LogP contribution is -2.37. The summed E-state index contributed by atoms with van der Waals surface area (Å²) in [5, 5.41) is 0. The highest BCUT2D eigenvalue weighted by atomic mass is 31.2. The smallest absolute Gasteiger partial charge is 0.306 e. The van der Waals surface area contributed by atoms with Crippen LogP contribution >= 0.6 is 7.82 Å². The number of nitrogens with zero attached hydrogens (tertiary/aromatic N) is 1. The molecule has 420 valence electrons. The average Bonchev–Trinajstić information content (AvgIpc) is 3.32. The van der Waals surface area contributed by atoms with E-state index in [1.165, 1.54) is 276 Å². The summed E-state index contributed by atoms with van der Waals surface area (Å²) in [5.74, 6) is -0.322. The molecule has 0 saturated carbocycles. The van der Waals surface area contributed by atoms with Crippen LogP contribution in [0.5, 0.6) is 0 Å². The highest BCUT2D eigenvalue weighted by Crippen LogP contribution is 2.38. The van der Waals surface area contributed by atoms with Gasteiger partial charge in [-0.05, 0) is 12.8 Å². The average molecular weight is 1010 g/mol. The van der Waals surface area contributed by atoms with Gasteiger partial charge in [0.1, 0.15) is 19.3 Å². The largest absolute Gasteiger partial charge is 0.756 e. The van der Waals surface area contributed by atoms with Crippen molar-refractivity contribution in [2.24, 2.45) is 0 Å². The fraction of sp³-hybridized carbons (Fsp3) is 0.984. The maximum Gasteiger partial charge on any atom is 0.306 e. The van der Waals surface area contributed by atoms with Gasteiger partial charge >= 0.3 is 5.97 Å². The minimum atomic E-state index is -4.53. The third-order valence-electron chi connectivity index (χ3n) is 14.4. The molecule has 70 heavy (non-hydrogen) atoms. The molecule has 0 bridgehead atoms. The van der Waals surface area contributed by atoms with Crippen LogP contribution in [0.2, 0.25) is 0 Å². The quantitative estimate of drug-likeness (QED) is 0.0259. The molecule has 0 N–H and O–H groups in total. The van der Waals surface area contributed by atoms with Crippen LogP contribution in [0.3, 0.4) is 0 Å². The van der Waals surface area contributed by atoms with Gasteiger partial charge in [-0.2, -0.15) is 0 Å². The van der Waals surface area contributed by atoms with Crippen molar-refractivity contribution in [1.82, 2.24) is 0 Å². The van der Waals surface area contributed by atoms with Gasteiger partial charge in [-0.3, -0.25) is 9.36 Å². The van der Waals surface area contributed by atoms with Crippen molar-refractivity contribution in [3.05, 3.63) is 0 Å². The first-order chi connectivity index (χ1) is 34.1. The Hall–Kier alpha value is -0.500. The van der Waals surface area contributed by atoms with Gasteiger partial charge in [0, 0.05) is 13.0 Å². The van der Waals surface area contributed by atoms with Crippen LogP contribution in [0.1, 0.15) is 328 Å². The third kappa shape index (κ3) is 58.4. The first-order valence-electron chi connectivity index (χ1n) is 31.3. The second-order valence-electron chi connectivity index (χ2n) is 22.8. The van der Waals surface area contributed by atoms with E-state index in [1.54, 1.807) is 0 Å². The van der Waals surface area contributed by atoms with Gasteiger partial charge in [-0.1, -0.05) is 309 Å². The summed E-state index contributed by atoms with van der Waals surface area (Å²) < 4.78 is 34.9. The lowest BCUT2D eigenvalue weighted by molar-refractivity contribution is -0.870. The topological polar surface area (TPSA) is 94.1 Å². The number of hydrogen-bond acceptors (Lipinski definition) is 7. The lowest BCUT2D eigenvalue weighted by Gasteiger charge is -2.28. The molecule has 0 aromatic carbocycles. The highest BCUT2D eigenvalue weighted by Gasteiger charge is 2.20. The maximum atomic E-state index is 12.8. The van der Waals surface area contributed by atoms with Crippen molar-refractivity contribution < 1.29 is 37.3 Å². The summed E-state index contributed by atoms with van der Waals surface area (Å²) in [6, 6.07) is 0. The van der Waals surface area contributed by atoms with Gasteiger partial charge in [-0.25, -0.2) is 0 Å². The number of unbranched alkanes of at least 4 members (excludes halogenated alkanes) is 46. The number of rotatable bonds is 60. The van der Waals surface area contributed by atoms with Gasteiger partial charge in [0.15, 0.2) is 0 Å². The maximum absolute atomic E-state index is 12.8. The Labute approximate surface area is 438 Å². The summed E-state index contributed by atoms with van der Waals surface area (Å²) in [6.07, 6.45) is 64.5. The Balaban J connectivity index is 3.96. The first-order valence-corrected chi connectivity index (χ1v) is 32.7. The predicted octanol–water partition coefficient (Wildman–Crippen LogP) is 19.3. The van der Waals surface area contributed by atoms with Crippen molar-refractivity contribution in [2.45, 2.75) is 335 Å². The molecule has 9 heteroatoms. The zero-order chi connectivity index (χ0) is 51.2. The van der Waals surface area contributed by atoms with Gasteiger partial charge in [-0.15, -0.1) is 0 Å². The zero-order valence-corrected chi connectivity index (χ0v) is 48.9. The molecule has 0 fully saturated rings. The number of carbonyl (C=O) groups excluding carboxylic acids is 1. The Morgan fingerprint density at radius 3 is 0.943 bits per heavy atom. The zero-order valence-electron chi connectivity index (χ0n) is 48.0. The van der Waals surface area contributed by atoms with Crippen molar-refractivity contribution in [3.63, 3.8) is 0 Å². The SMILES string of the molecule is CCCCCCCCCCCCCCCCCCCCCCCCCCCOCC(COP(=O)([O-])OCC[N+](C)(C)C)OC(=O)CCCCCCCCCCCCCCCCCCCCCCCCC. The second-order valence-corrected chi connectivity index (χ2v) is 24.2. The Morgan fingerprint density at radius 2 is 0.657 bits per heavy atom. The first kappa shape index (κ1) is 69.5. The Morgan fingerprint density at radius 1 is 0.386 bits per heavy atom. The molecule has 2 unspecified atom stereocenters. The molecular formula is C61H124NO7P. The van der Waals surface area contributed by atoms with Crippen molar-refractivity contribution in [1.29, 1.82) is 0 Å². The van der Waals surface area contributed by atoms with Gasteiger partial charge < -0.3 is 27.9 Å². The molecule has 8 nitrogen and oxygen atoms in total. The van der Waals surface area contributed by atoms with Crippen LogP contribution in [0.4, 0.5) is 0 Å². The molecule has 0 aliphatic heterocycles. The van der Waals surface area contributed by atoms with Crippen LogP contribution in [-0.4, -0.2) is 70.7 Å². The minimum absolute atomic E-state index is 0.0321. The normalized spacial score (nSPS) is 13.3. The highest BCUT2D eigenvalue weighted by molar-refractivity contribution is 7.45. The van der Waals surface area contributed by atoms with Crippen LogP contribution in [0.15, 0.2) is 0 Å². The summed E-state index contributed by atoms with van der Waals surface area (Å²) in [4.78, 5) is 25.3. The van der Waals surface area contributed by atoms with E-state index in [0.717, 1.165) is 32.1 Å². The standard InChI is InChI=1S/C61H124NO7P/c1-6-8-10-12-14-16-18-20-22-24-26-28-30-31-33-35-37-39-41-43-45-47-49-51-53-56-66-58-60(59-68-70(64,65)67-57-55-62(3,4)5)69-61(63)54-52-50-48-46-44-42-40-38-36-34-32-29-27-25-23-21-19-17-15-13-11-9-7-2/h60H,6-59H2,1-5H3. The van der Waals surface area contributed by atoms with Crippen LogP contribution in [0, 0.1) is 0 Å². The predicted molar refractivity (Wildman–Crippen MR) is 301 cm³/mol. The van der Waals surface area contributed by atoms with Gasteiger partial charge in [0.25, 0.3) is 7.82 Å². The number of phosphoric acid groups is 1. The summed E-state index contributed by atoms with van der Waals surface area (Å²) >= 11 is 0. The minimum Gasteiger partial charge on any atom is -0.756 e. The third-order valence-corrected chi connectivity index (χ3v) is 15.4. The molecule has 0 heterocycles. The monoisotopic (exact) mass is 1010 g/mol. The molecule has 0 aliphatic rings. The van der Waals surface area contributed by atoms with E-state index in [9.17, 15) is 14.3 Å². The van der Waals surface area contributed by atoms with E-state index in [0.29, 0.717) is 24.1 Å². The number of carbonyl (C=O) groups is 1. The molecule has 0 radical (unpaired) electrons. The van der Waals surface area contributed by atoms with Crippen molar-refractivity contribution in [2.75, 3.05) is 54.1 Å². The molecule has 0 rings (SSSR count). The fourth-order valence-electron chi connectivity index (χ4n) is 9.61. The van der Waals surface area contributed by atoms with E-state index in [4.69, 9.17) is 18.5 Å². The van der Waals surface area contributed by atoms with Crippen molar-refractivity contribution >= 4 is 13.8 Å². The number of likely N-dealkylation sites (N-methyl/N-ethyl adjacent to an activating group) is 1. The van der Waals surface area contributed by atoms with E-state index in [1.807, 2.05) is 21.1 Å².